The van der Waals surface area contributed by atoms with Gasteiger partial charge in [-0.3, -0.25) is 10.1 Å². The molecule has 0 N–H and O–H groups in total. The van der Waals surface area contributed by atoms with Crippen molar-refractivity contribution in [1.29, 1.82) is 0 Å². The molecule has 2 heterocycles. The van der Waals surface area contributed by atoms with Gasteiger partial charge < -0.3 is 9.30 Å². The quantitative estimate of drug-likeness (QED) is 0.540. The molecule has 3 aromatic rings. The number of pyridine rings is 1. The Balaban J connectivity index is 1.88. The van der Waals surface area contributed by atoms with E-state index >= 15 is 0 Å². The van der Waals surface area contributed by atoms with E-state index in [2.05, 4.69) is 11.2 Å². The molecule has 99 valence electrons. The van der Waals surface area contributed by atoms with Crippen LogP contribution in [0.3, 0.4) is 0 Å². The predicted molar refractivity (Wildman–Crippen MR) is 72.7 cm³/mol. The van der Waals surface area contributed by atoms with Crippen LogP contribution in [0.15, 0.2) is 42.6 Å². The summed E-state index contributed by atoms with van der Waals surface area (Å²) in [6.45, 7) is 0. The van der Waals surface area contributed by atoms with Crippen LogP contribution < -0.4 is 4.74 Å². The Labute approximate surface area is 114 Å². The standard InChI is InChI=1S/C14H10N3O3/c1-16-7-6-10-2-4-12(8-13(10)16)20-14-5-3-11(9-15-14)17(18)19/h2-6,8-9H,1H3. The summed E-state index contributed by atoms with van der Waals surface area (Å²) in [5.74, 6) is 0.933. The van der Waals surface area contributed by atoms with Gasteiger partial charge in [-0.1, -0.05) is 0 Å². The molecule has 6 heteroatoms. The average molecular weight is 268 g/mol. The van der Waals surface area contributed by atoms with Crippen molar-refractivity contribution in [3.8, 4) is 11.6 Å². The van der Waals surface area contributed by atoms with E-state index in [1.54, 1.807) is 0 Å². The molecule has 0 atom stereocenters. The molecule has 0 aliphatic carbocycles. The number of hydrogen-bond donors (Lipinski definition) is 0. The summed E-state index contributed by atoms with van der Waals surface area (Å²) in [5, 5.41) is 11.6. The third-order valence-corrected chi connectivity index (χ3v) is 2.93. The van der Waals surface area contributed by atoms with Gasteiger partial charge in [0.25, 0.3) is 5.69 Å². The van der Waals surface area contributed by atoms with E-state index in [4.69, 9.17) is 4.74 Å². The minimum absolute atomic E-state index is 0.0650. The van der Waals surface area contributed by atoms with Gasteiger partial charge in [0.1, 0.15) is 11.9 Å². The van der Waals surface area contributed by atoms with E-state index in [0.29, 0.717) is 11.6 Å². The molecule has 1 aromatic carbocycles. The van der Waals surface area contributed by atoms with E-state index in [1.807, 2.05) is 35.9 Å². The number of aryl methyl sites for hydroxylation is 1. The smallest absolute Gasteiger partial charge is 0.287 e. The molecule has 2 aromatic heterocycles. The van der Waals surface area contributed by atoms with E-state index in [1.165, 1.54) is 18.3 Å². The third-order valence-electron chi connectivity index (χ3n) is 2.93. The monoisotopic (exact) mass is 268 g/mol. The third kappa shape index (κ3) is 2.18. The first-order valence-corrected chi connectivity index (χ1v) is 5.89. The number of ether oxygens (including phenoxy) is 1. The van der Waals surface area contributed by atoms with Crippen molar-refractivity contribution >= 4 is 16.6 Å². The fourth-order valence-corrected chi connectivity index (χ4v) is 1.90. The van der Waals surface area contributed by atoms with Gasteiger partial charge in [-0.2, -0.15) is 0 Å². The van der Waals surface area contributed by atoms with Gasteiger partial charge in [-0.05, 0) is 18.2 Å². The SMILES string of the molecule is Cn1[c]cc2ccc(Oc3ccc([N+](=O)[O-])cn3)cc21. The molecule has 0 aliphatic heterocycles. The summed E-state index contributed by atoms with van der Waals surface area (Å²) in [7, 11) is 1.90. The van der Waals surface area contributed by atoms with Crippen molar-refractivity contribution < 1.29 is 9.66 Å². The van der Waals surface area contributed by atoms with Crippen LogP contribution >= 0.6 is 0 Å². The highest BCUT2D eigenvalue weighted by Crippen LogP contribution is 2.25. The summed E-state index contributed by atoms with van der Waals surface area (Å²) in [4.78, 5) is 14.0. The first-order chi connectivity index (χ1) is 9.63. The van der Waals surface area contributed by atoms with Crippen LogP contribution in [0.1, 0.15) is 0 Å². The van der Waals surface area contributed by atoms with Crippen LogP contribution in [0.25, 0.3) is 10.9 Å². The van der Waals surface area contributed by atoms with Gasteiger partial charge in [0.05, 0.1) is 16.6 Å². The molecule has 0 bridgehead atoms. The number of benzene rings is 1. The molecule has 0 amide bonds. The van der Waals surface area contributed by atoms with Crippen LogP contribution in [0, 0.1) is 16.3 Å². The number of nitro groups is 1. The van der Waals surface area contributed by atoms with Crippen molar-refractivity contribution in [1.82, 2.24) is 9.55 Å². The molecule has 0 aliphatic rings. The Bertz CT molecular complexity index is 778. The van der Waals surface area contributed by atoms with Crippen molar-refractivity contribution in [2.24, 2.45) is 7.05 Å². The van der Waals surface area contributed by atoms with Crippen LogP contribution in [0.2, 0.25) is 0 Å². The van der Waals surface area contributed by atoms with Gasteiger partial charge in [0.15, 0.2) is 0 Å². The average Bonchev–Trinajstić information content (AvgIpc) is 2.81. The first-order valence-electron chi connectivity index (χ1n) is 5.89. The topological polar surface area (TPSA) is 70.2 Å². The lowest BCUT2D eigenvalue weighted by Gasteiger charge is -2.05. The maximum absolute atomic E-state index is 10.5. The molecule has 0 saturated carbocycles. The Morgan fingerprint density at radius 3 is 2.90 bits per heavy atom. The van der Waals surface area contributed by atoms with Gasteiger partial charge in [-0.15, -0.1) is 0 Å². The lowest BCUT2D eigenvalue weighted by atomic mass is 10.2. The number of aromatic nitrogens is 2. The molecule has 6 nitrogen and oxygen atoms in total. The molecular weight excluding hydrogens is 258 g/mol. The lowest BCUT2D eigenvalue weighted by Crippen LogP contribution is -1.92. The number of nitrogens with zero attached hydrogens (tertiary/aromatic N) is 3. The largest absolute Gasteiger partial charge is 0.439 e. The molecule has 3 rings (SSSR count). The Kier molecular flexibility index (Phi) is 2.83. The molecule has 0 unspecified atom stereocenters. The Morgan fingerprint density at radius 1 is 1.35 bits per heavy atom. The van der Waals surface area contributed by atoms with Crippen LogP contribution in [0.5, 0.6) is 11.6 Å². The van der Waals surface area contributed by atoms with E-state index < -0.39 is 4.92 Å². The highest BCUT2D eigenvalue weighted by atomic mass is 16.6. The first kappa shape index (κ1) is 12.2. The maximum Gasteiger partial charge on any atom is 0.287 e. The Morgan fingerprint density at radius 2 is 2.20 bits per heavy atom. The second-order valence-electron chi connectivity index (χ2n) is 4.27. The zero-order valence-electron chi connectivity index (χ0n) is 10.6. The molecule has 0 fully saturated rings. The summed E-state index contributed by atoms with van der Waals surface area (Å²) < 4.78 is 7.45. The zero-order chi connectivity index (χ0) is 14.1. The fourth-order valence-electron chi connectivity index (χ4n) is 1.90. The van der Waals surface area contributed by atoms with Gasteiger partial charge >= 0.3 is 0 Å². The highest BCUT2D eigenvalue weighted by molar-refractivity contribution is 5.81. The minimum atomic E-state index is -0.497. The summed E-state index contributed by atoms with van der Waals surface area (Å²) in [6, 6.07) is 10.3. The number of hydrogen-bond acceptors (Lipinski definition) is 4. The molecule has 0 spiro atoms. The van der Waals surface area contributed by atoms with Crippen LogP contribution in [-0.2, 0) is 7.05 Å². The van der Waals surface area contributed by atoms with Gasteiger partial charge in [-0.25, -0.2) is 4.98 Å². The number of fused-ring (bicyclic) bond motifs is 1. The van der Waals surface area contributed by atoms with Crippen molar-refractivity contribution in [3.63, 3.8) is 0 Å². The minimum Gasteiger partial charge on any atom is -0.439 e. The molecule has 20 heavy (non-hydrogen) atoms. The van der Waals surface area contributed by atoms with Gasteiger partial charge in [0, 0.05) is 30.6 Å². The summed E-state index contributed by atoms with van der Waals surface area (Å²) in [5.41, 5.74) is 0.925. The van der Waals surface area contributed by atoms with Crippen molar-refractivity contribution in [3.05, 3.63) is 58.9 Å². The van der Waals surface area contributed by atoms with Crippen molar-refractivity contribution in [2.45, 2.75) is 0 Å². The Hall–Kier alpha value is -2.89. The predicted octanol–water partition coefficient (Wildman–Crippen LogP) is 3.07. The maximum atomic E-state index is 10.5. The second-order valence-corrected chi connectivity index (χ2v) is 4.27. The van der Waals surface area contributed by atoms with Crippen molar-refractivity contribution in [2.75, 3.05) is 0 Å². The second kappa shape index (κ2) is 4.65. The van der Waals surface area contributed by atoms with Crippen LogP contribution in [0.4, 0.5) is 5.69 Å². The van der Waals surface area contributed by atoms with E-state index in [-0.39, 0.29) is 5.69 Å². The molecule has 1 radical (unpaired) electrons. The van der Waals surface area contributed by atoms with Crippen LogP contribution in [-0.4, -0.2) is 14.5 Å². The summed E-state index contributed by atoms with van der Waals surface area (Å²) in [6.07, 6.45) is 4.23. The summed E-state index contributed by atoms with van der Waals surface area (Å²) >= 11 is 0. The molecule has 0 saturated heterocycles. The molecular formula is C14H10N3O3. The number of rotatable bonds is 3. The van der Waals surface area contributed by atoms with E-state index in [9.17, 15) is 10.1 Å². The lowest BCUT2D eigenvalue weighted by molar-refractivity contribution is -0.385. The van der Waals surface area contributed by atoms with E-state index in [0.717, 1.165) is 10.9 Å². The highest BCUT2D eigenvalue weighted by Gasteiger charge is 2.07. The van der Waals surface area contributed by atoms with Gasteiger partial charge in [0.2, 0.25) is 5.88 Å². The fraction of sp³-hybridized carbons (Fsp3) is 0.0714. The normalized spacial score (nSPS) is 10.7. The zero-order valence-corrected chi connectivity index (χ0v) is 10.6.